The molecule has 7 aromatic carbocycles. The molecule has 0 radical (unpaired) electrons. The predicted octanol–water partition coefficient (Wildman–Crippen LogP) is 13.3. The number of nitrogens with zero attached hydrogens (tertiary/aromatic N) is 3. The first kappa shape index (κ1) is 32.0. The molecule has 1 aromatic heterocycles. The van der Waals surface area contributed by atoms with Gasteiger partial charge >= 0.3 is 0 Å². The highest BCUT2D eigenvalue weighted by Crippen LogP contribution is 2.50. The zero-order chi connectivity index (χ0) is 35.9. The van der Waals surface area contributed by atoms with E-state index in [0.717, 1.165) is 44.8 Å². The van der Waals surface area contributed by atoms with E-state index in [4.69, 9.17) is 16.5 Å². The van der Waals surface area contributed by atoms with Gasteiger partial charge in [0.25, 0.3) is 0 Å². The third kappa shape index (κ3) is 5.91. The zero-order valence-corrected chi connectivity index (χ0v) is 29.6. The van der Waals surface area contributed by atoms with Crippen LogP contribution in [-0.4, -0.2) is 9.97 Å². The van der Waals surface area contributed by atoms with E-state index in [-0.39, 0.29) is 5.41 Å². The molecule has 0 N–H and O–H groups in total. The Morgan fingerprint density at radius 2 is 0.906 bits per heavy atom. The normalized spacial score (nSPS) is 12.5. The Hall–Kier alpha value is -6.89. The third-order valence-corrected chi connectivity index (χ3v) is 10.5. The summed E-state index contributed by atoms with van der Waals surface area (Å²) in [5.74, 6) is 0.703. The van der Waals surface area contributed by atoms with Crippen molar-refractivity contribution in [3.05, 3.63) is 198 Å². The Bertz CT molecular complexity index is 2670. The molecule has 8 aromatic rings. The van der Waals surface area contributed by atoms with Crippen LogP contribution in [0.1, 0.15) is 25.0 Å². The molecular weight excluding hydrogens is 643 g/mol. The Kier molecular flexibility index (Phi) is 7.87. The van der Waals surface area contributed by atoms with Gasteiger partial charge in [0.2, 0.25) is 0 Å². The van der Waals surface area contributed by atoms with Crippen LogP contribution in [0.4, 0.5) is 5.69 Å². The quantitative estimate of drug-likeness (QED) is 0.164. The summed E-state index contributed by atoms with van der Waals surface area (Å²) < 4.78 is 0. The minimum Gasteiger partial charge on any atom is -0.238 e. The van der Waals surface area contributed by atoms with Crippen molar-refractivity contribution < 1.29 is 0 Å². The first-order valence-corrected chi connectivity index (χ1v) is 17.9. The van der Waals surface area contributed by atoms with E-state index in [1.54, 1.807) is 0 Å². The molecule has 0 saturated heterocycles. The number of fused-ring (bicyclic) bond motifs is 3. The van der Waals surface area contributed by atoms with Crippen LogP contribution in [0.5, 0.6) is 0 Å². The summed E-state index contributed by atoms with van der Waals surface area (Å²) in [6.45, 7) is 12.0. The first-order valence-electron chi connectivity index (χ1n) is 17.9. The average molecular weight is 678 g/mol. The lowest BCUT2D eigenvalue weighted by Crippen LogP contribution is -2.14. The second-order valence-corrected chi connectivity index (χ2v) is 14.2. The number of hydrogen-bond acceptors (Lipinski definition) is 2. The molecule has 0 spiro atoms. The van der Waals surface area contributed by atoms with E-state index < -0.39 is 0 Å². The lowest BCUT2D eigenvalue weighted by Gasteiger charge is -2.21. The van der Waals surface area contributed by atoms with Gasteiger partial charge in [0.15, 0.2) is 11.5 Å². The summed E-state index contributed by atoms with van der Waals surface area (Å²) in [5.41, 5.74) is 17.4. The van der Waals surface area contributed by atoms with Gasteiger partial charge in [-0.3, -0.25) is 0 Å². The second-order valence-electron chi connectivity index (χ2n) is 14.2. The van der Waals surface area contributed by atoms with Crippen molar-refractivity contribution in [1.82, 2.24) is 9.97 Å². The van der Waals surface area contributed by atoms with Gasteiger partial charge < -0.3 is 0 Å². The van der Waals surface area contributed by atoms with Crippen molar-refractivity contribution in [2.45, 2.75) is 19.3 Å². The maximum absolute atomic E-state index is 7.50. The van der Waals surface area contributed by atoms with E-state index >= 15 is 0 Å². The molecule has 0 bridgehead atoms. The monoisotopic (exact) mass is 677 g/mol. The Labute approximate surface area is 310 Å². The topological polar surface area (TPSA) is 30.1 Å². The van der Waals surface area contributed by atoms with Gasteiger partial charge in [0.05, 0.1) is 18.0 Å². The van der Waals surface area contributed by atoms with Gasteiger partial charge in [0, 0.05) is 22.1 Å². The molecule has 1 aliphatic carbocycles. The number of rotatable bonds is 6. The molecule has 0 amide bonds. The van der Waals surface area contributed by atoms with Crippen LogP contribution in [0, 0.1) is 6.57 Å². The molecule has 3 nitrogen and oxygen atoms in total. The van der Waals surface area contributed by atoms with Crippen LogP contribution in [0.3, 0.4) is 0 Å². The lowest BCUT2D eigenvalue weighted by atomic mass is 9.82. The fourth-order valence-corrected chi connectivity index (χ4v) is 7.63. The van der Waals surface area contributed by atoms with Gasteiger partial charge in [-0.15, -0.1) is 0 Å². The minimum atomic E-state index is -0.135. The Morgan fingerprint density at radius 1 is 0.396 bits per heavy atom. The van der Waals surface area contributed by atoms with E-state index in [1.165, 1.54) is 38.9 Å². The first-order chi connectivity index (χ1) is 25.9. The summed E-state index contributed by atoms with van der Waals surface area (Å²) in [6, 6.07) is 61.7. The van der Waals surface area contributed by atoms with Crippen molar-refractivity contribution in [1.29, 1.82) is 0 Å². The molecule has 53 heavy (non-hydrogen) atoms. The van der Waals surface area contributed by atoms with E-state index in [9.17, 15) is 0 Å². The van der Waals surface area contributed by atoms with E-state index in [1.807, 2.05) is 30.3 Å². The second kappa shape index (κ2) is 13.0. The molecule has 9 rings (SSSR count). The highest BCUT2D eigenvalue weighted by atomic mass is 14.9. The standard InChI is InChI=1S/C50H35N3/c1-50(2)45-28-25-40(30-44(45)43-27-26-42(51-3)31-46(43)50)36-19-17-34(18-20-36)35-21-23-37(24-22-35)47-32-48(53-49(52-47)38-13-8-5-9-14-38)41-16-10-15-39(29-41)33-11-6-4-7-12-33/h4-32H,1-2H3. The summed E-state index contributed by atoms with van der Waals surface area (Å²) in [5, 5.41) is 0. The van der Waals surface area contributed by atoms with Crippen LogP contribution in [0.2, 0.25) is 0 Å². The van der Waals surface area contributed by atoms with Gasteiger partial charge in [0.1, 0.15) is 0 Å². The molecule has 0 atom stereocenters. The molecule has 0 fully saturated rings. The minimum absolute atomic E-state index is 0.135. The third-order valence-electron chi connectivity index (χ3n) is 10.5. The molecule has 0 aliphatic heterocycles. The van der Waals surface area contributed by atoms with Crippen LogP contribution < -0.4 is 0 Å². The van der Waals surface area contributed by atoms with Crippen molar-refractivity contribution in [3.63, 3.8) is 0 Å². The predicted molar refractivity (Wildman–Crippen MR) is 218 cm³/mol. The van der Waals surface area contributed by atoms with Gasteiger partial charge in [-0.2, -0.15) is 0 Å². The maximum atomic E-state index is 7.50. The molecule has 1 heterocycles. The number of hydrogen-bond donors (Lipinski definition) is 0. The number of aromatic nitrogens is 2. The van der Waals surface area contributed by atoms with Crippen molar-refractivity contribution >= 4 is 5.69 Å². The maximum Gasteiger partial charge on any atom is 0.187 e. The van der Waals surface area contributed by atoms with Crippen molar-refractivity contribution in [2.24, 2.45) is 0 Å². The van der Waals surface area contributed by atoms with Crippen LogP contribution in [0.15, 0.2) is 176 Å². The van der Waals surface area contributed by atoms with E-state index in [0.29, 0.717) is 11.5 Å². The van der Waals surface area contributed by atoms with E-state index in [2.05, 4.69) is 164 Å². The SMILES string of the molecule is [C-]#[N+]c1ccc2c(c1)C(C)(C)c1ccc(-c3ccc(-c4ccc(-c5cc(-c6cccc(-c7ccccc7)c6)nc(-c6ccccc6)n5)cc4)cc3)cc1-2. The number of benzene rings is 7. The van der Waals surface area contributed by atoms with Gasteiger partial charge in [-0.1, -0.05) is 172 Å². The molecule has 0 unspecified atom stereocenters. The average Bonchev–Trinajstić information content (AvgIpc) is 3.46. The zero-order valence-electron chi connectivity index (χ0n) is 29.6. The van der Waals surface area contributed by atoms with Gasteiger partial charge in [-0.05, 0) is 73.8 Å². The molecule has 1 aliphatic rings. The summed E-state index contributed by atoms with van der Waals surface area (Å²) >= 11 is 0. The highest BCUT2D eigenvalue weighted by Gasteiger charge is 2.35. The van der Waals surface area contributed by atoms with Crippen molar-refractivity contribution in [3.8, 4) is 78.4 Å². The fourth-order valence-electron chi connectivity index (χ4n) is 7.63. The Morgan fingerprint density at radius 3 is 1.57 bits per heavy atom. The molecular formula is C50H35N3. The summed E-state index contributed by atoms with van der Waals surface area (Å²) in [7, 11) is 0. The van der Waals surface area contributed by atoms with Crippen LogP contribution in [0.25, 0.3) is 83.3 Å². The van der Waals surface area contributed by atoms with Crippen LogP contribution >= 0.6 is 0 Å². The summed E-state index contributed by atoms with van der Waals surface area (Å²) in [6.07, 6.45) is 0. The fraction of sp³-hybridized carbons (Fsp3) is 0.0600. The van der Waals surface area contributed by atoms with Gasteiger partial charge in [-0.25, -0.2) is 14.8 Å². The summed E-state index contributed by atoms with van der Waals surface area (Å²) in [4.78, 5) is 13.8. The smallest absolute Gasteiger partial charge is 0.187 e. The molecule has 0 saturated carbocycles. The largest absolute Gasteiger partial charge is 0.238 e. The Balaban J connectivity index is 1.02. The van der Waals surface area contributed by atoms with Crippen molar-refractivity contribution in [2.75, 3.05) is 0 Å². The molecule has 3 heteroatoms. The highest BCUT2D eigenvalue weighted by molar-refractivity contribution is 5.86. The molecule has 250 valence electrons. The van der Waals surface area contributed by atoms with Crippen LogP contribution in [-0.2, 0) is 5.41 Å². The lowest BCUT2D eigenvalue weighted by molar-refractivity contribution is 0.661.